The topological polar surface area (TPSA) is 61.4 Å². The number of likely N-dealkylation sites (tertiary alicyclic amines) is 1. The smallest absolute Gasteiger partial charge is 0.254 e. The summed E-state index contributed by atoms with van der Waals surface area (Å²) in [5, 5.41) is 5.58. The highest BCUT2D eigenvalue weighted by Crippen LogP contribution is 2.39. The van der Waals surface area contributed by atoms with Crippen molar-refractivity contribution in [1.29, 1.82) is 0 Å². The van der Waals surface area contributed by atoms with Gasteiger partial charge >= 0.3 is 0 Å². The van der Waals surface area contributed by atoms with Gasteiger partial charge in [-0.1, -0.05) is 12.6 Å². The molecule has 1 heterocycles. The van der Waals surface area contributed by atoms with E-state index in [2.05, 4.69) is 17.2 Å². The minimum absolute atomic E-state index is 0.0848. The van der Waals surface area contributed by atoms with Gasteiger partial charge in [0.15, 0.2) is 11.6 Å². The van der Waals surface area contributed by atoms with Crippen molar-refractivity contribution in [3.8, 4) is 0 Å². The van der Waals surface area contributed by atoms with Crippen LogP contribution >= 0.6 is 0 Å². The predicted molar refractivity (Wildman–Crippen MR) is 132 cm³/mol. The molecule has 198 valence electrons. The molecule has 1 aliphatic carbocycles. The van der Waals surface area contributed by atoms with Crippen molar-refractivity contribution in [1.82, 2.24) is 15.5 Å². The molecule has 0 radical (unpaired) electrons. The zero-order valence-corrected chi connectivity index (χ0v) is 21.4. The van der Waals surface area contributed by atoms with E-state index in [1.54, 1.807) is 17.9 Å². The van der Waals surface area contributed by atoms with E-state index in [1.807, 2.05) is 13.8 Å². The Bertz CT molecular complexity index is 1240. The molecule has 9 heteroatoms. The summed E-state index contributed by atoms with van der Waals surface area (Å²) in [4.78, 5) is 27.8. The molecule has 2 amide bonds. The number of carbonyl (C=O) groups is 2. The van der Waals surface area contributed by atoms with Crippen LogP contribution in [0.25, 0.3) is 5.70 Å². The molecule has 3 atom stereocenters. The van der Waals surface area contributed by atoms with Gasteiger partial charge in [-0.25, -0.2) is 17.6 Å². The minimum Gasteiger partial charge on any atom is -0.371 e. The standard InChI is InChI=1S/C28H31F4N3O2/c1-14-6-7-15(2)35(14)26(36)19-8-9-20(22(30)12-19)17(4)33-27(37)28(10-11-28)34-18(5)24-16(3)21(29)13-23(31)25(24)32/h8-9,12-15,17,34H,5-7,10-11H2,1-4H3,(H,33,37)/t14-,15+,17-/m1/s1. The van der Waals surface area contributed by atoms with Crippen molar-refractivity contribution in [2.24, 2.45) is 0 Å². The summed E-state index contributed by atoms with van der Waals surface area (Å²) < 4.78 is 57.2. The van der Waals surface area contributed by atoms with Gasteiger partial charge in [-0.2, -0.15) is 0 Å². The maximum atomic E-state index is 15.0. The average Bonchev–Trinajstić information content (AvgIpc) is 3.54. The van der Waals surface area contributed by atoms with Gasteiger partial charge in [-0.05, 0) is 71.1 Å². The van der Waals surface area contributed by atoms with Crippen molar-refractivity contribution in [3.63, 3.8) is 0 Å². The second-order valence-corrected chi connectivity index (χ2v) is 10.3. The molecule has 2 aromatic rings. The van der Waals surface area contributed by atoms with E-state index < -0.39 is 40.8 Å². The van der Waals surface area contributed by atoms with Crippen LogP contribution in [0.15, 0.2) is 30.8 Å². The van der Waals surface area contributed by atoms with Gasteiger partial charge in [0.1, 0.15) is 17.2 Å². The number of hydrogen-bond donors (Lipinski definition) is 2. The molecule has 4 rings (SSSR count). The third kappa shape index (κ3) is 4.95. The summed E-state index contributed by atoms with van der Waals surface area (Å²) in [6.45, 7) is 10.5. The van der Waals surface area contributed by atoms with Crippen molar-refractivity contribution in [2.75, 3.05) is 0 Å². The Kier molecular flexibility index (Phi) is 7.10. The Balaban J connectivity index is 1.46. The fourth-order valence-electron chi connectivity index (χ4n) is 5.10. The van der Waals surface area contributed by atoms with E-state index in [4.69, 9.17) is 0 Å². The maximum Gasteiger partial charge on any atom is 0.254 e. The SMILES string of the molecule is C=C(NC1(C(=O)N[C@H](C)c2ccc(C(=O)N3[C@H](C)CC[C@@H]3C)cc2F)CC1)c1c(C)c(F)cc(F)c1F. The average molecular weight is 518 g/mol. The maximum absolute atomic E-state index is 15.0. The number of rotatable bonds is 7. The lowest BCUT2D eigenvalue weighted by Gasteiger charge is -2.27. The summed E-state index contributed by atoms with van der Waals surface area (Å²) in [6.07, 6.45) is 2.56. The van der Waals surface area contributed by atoms with Crippen LogP contribution in [0.1, 0.15) is 79.5 Å². The third-order valence-corrected chi connectivity index (χ3v) is 7.54. The Morgan fingerprint density at radius 2 is 1.65 bits per heavy atom. The number of halogens is 4. The largest absolute Gasteiger partial charge is 0.371 e. The molecule has 37 heavy (non-hydrogen) atoms. The highest BCUT2D eigenvalue weighted by molar-refractivity contribution is 5.95. The van der Waals surface area contributed by atoms with Gasteiger partial charge in [-0.15, -0.1) is 0 Å². The van der Waals surface area contributed by atoms with Crippen LogP contribution in [0.5, 0.6) is 0 Å². The molecule has 1 aliphatic heterocycles. The van der Waals surface area contributed by atoms with Gasteiger partial charge in [0, 0.05) is 40.5 Å². The van der Waals surface area contributed by atoms with Gasteiger partial charge in [0.2, 0.25) is 5.91 Å². The van der Waals surface area contributed by atoms with Gasteiger partial charge in [-0.3, -0.25) is 9.59 Å². The molecule has 2 aromatic carbocycles. The van der Waals surface area contributed by atoms with Crippen LogP contribution < -0.4 is 10.6 Å². The van der Waals surface area contributed by atoms with Crippen molar-refractivity contribution in [3.05, 3.63) is 76.4 Å². The summed E-state index contributed by atoms with van der Waals surface area (Å²) in [5.41, 5.74) is -1.31. The zero-order valence-electron chi connectivity index (χ0n) is 21.4. The van der Waals surface area contributed by atoms with E-state index >= 15 is 4.39 Å². The molecule has 0 aromatic heterocycles. The Labute approximate surface area is 213 Å². The summed E-state index contributed by atoms with van der Waals surface area (Å²) in [5.74, 6) is -4.85. The second kappa shape index (κ2) is 9.84. The monoisotopic (exact) mass is 517 g/mol. The first kappa shape index (κ1) is 26.7. The molecular weight excluding hydrogens is 486 g/mol. The number of amides is 2. The van der Waals surface area contributed by atoms with Crippen LogP contribution in [0.3, 0.4) is 0 Å². The number of benzene rings is 2. The van der Waals surface area contributed by atoms with Crippen LogP contribution in [0.4, 0.5) is 17.6 Å². The number of carbonyl (C=O) groups excluding carboxylic acids is 2. The molecule has 2 N–H and O–H groups in total. The minimum atomic E-state index is -1.35. The quantitative estimate of drug-likeness (QED) is 0.375. The van der Waals surface area contributed by atoms with Crippen molar-refractivity contribution in [2.45, 2.75) is 77.0 Å². The number of nitrogens with zero attached hydrogens (tertiary/aromatic N) is 1. The van der Waals surface area contributed by atoms with E-state index in [1.165, 1.54) is 19.1 Å². The molecule has 2 fully saturated rings. The first-order chi connectivity index (χ1) is 17.4. The van der Waals surface area contributed by atoms with Gasteiger partial charge in [0.05, 0.1) is 6.04 Å². The summed E-state index contributed by atoms with van der Waals surface area (Å²) in [6, 6.07) is 4.12. The Morgan fingerprint density at radius 3 is 2.22 bits per heavy atom. The van der Waals surface area contributed by atoms with Crippen molar-refractivity contribution < 1.29 is 27.2 Å². The normalized spacial score (nSPS) is 20.9. The first-order valence-electron chi connectivity index (χ1n) is 12.4. The fourth-order valence-corrected chi connectivity index (χ4v) is 5.10. The van der Waals surface area contributed by atoms with E-state index in [0.717, 1.165) is 12.8 Å². The van der Waals surface area contributed by atoms with Crippen molar-refractivity contribution >= 4 is 17.5 Å². The predicted octanol–water partition coefficient (Wildman–Crippen LogP) is 5.53. The molecule has 0 spiro atoms. The summed E-state index contributed by atoms with van der Waals surface area (Å²) >= 11 is 0. The highest BCUT2D eigenvalue weighted by Gasteiger charge is 2.51. The molecule has 2 aliphatic rings. The van der Waals surface area contributed by atoms with Crippen LogP contribution in [0, 0.1) is 30.2 Å². The molecule has 1 saturated carbocycles. The number of hydrogen-bond acceptors (Lipinski definition) is 3. The lowest BCUT2D eigenvalue weighted by atomic mass is 10.0. The third-order valence-electron chi connectivity index (χ3n) is 7.54. The second-order valence-electron chi connectivity index (χ2n) is 10.3. The first-order valence-corrected chi connectivity index (χ1v) is 12.4. The van der Waals surface area contributed by atoms with Crippen LogP contribution in [-0.2, 0) is 4.79 Å². The van der Waals surface area contributed by atoms with Crippen LogP contribution in [-0.4, -0.2) is 34.3 Å². The number of nitrogens with one attached hydrogen (secondary N) is 2. The van der Waals surface area contributed by atoms with E-state index in [-0.39, 0.29) is 45.9 Å². The Hall–Kier alpha value is -3.36. The molecule has 0 bridgehead atoms. The Morgan fingerprint density at radius 1 is 1.03 bits per heavy atom. The molecular formula is C28H31F4N3O2. The van der Waals surface area contributed by atoms with Gasteiger partial charge in [0.25, 0.3) is 5.91 Å². The lowest BCUT2D eigenvalue weighted by Crippen LogP contribution is -2.46. The van der Waals surface area contributed by atoms with E-state index in [9.17, 15) is 22.8 Å². The molecule has 0 unspecified atom stereocenters. The zero-order chi connectivity index (χ0) is 27.2. The highest BCUT2D eigenvalue weighted by atomic mass is 19.2. The molecule has 1 saturated heterocycles. The van der Waals surface area contributed by atoms with E-state index in [0.29, 0.717) is 18.9 Å². The molecule has 5 nitrogen and oxygen atoms in total. The summed E-state index contributed by atoms with van der Waals surface area (Å²) in [7, 11) is 0. The van der Waals surface area contributed by atoms with Gasteiger partial charge < -0.3 is 15.5 Å². The van der Waals surface area contributed by atoms with Crippen LogP contribution in [0.2, 0.25) is 0 Å². The lowest BCUT2D eigenvalue weighted by molar-refractivity contribution is -0.124. The fraction of sp³-hybridized carbons (Fsp3) is 0.429.